The Balaban J connectivity index is 1.63. The molecular formula is C21H22Cl2N4O. The van der Waals surface area contributed by atoms with E-state index in [2.05, 4.69) is 22.9 Å². The van der Waals surface area contributed by atoms with E-state index >= 15 is 0 Å². The zero-order valence-corrected chi connectivity index (χ0v) is 17.5. The Bertz CT molecular complexity index is 948. The number of aryl methyl sites for hydroxylation is 1. The highest BCUT2D eigenvalue weighted by molar-refractivity contribution is 6.43. The van der Waals surface area contributed by atoms with Gasteiger partial charge in [-0.2, -0.15) is 5.26 Å². The lowest BCUT2D eigenvalue weighted by atomic mass is 9.77. The average molecular weight is 417 g/mol. The normalized spacial score (nSPS) is 21.1. The van der Waals surface area contributed by atoms with Crippen LogP contribution in [0, 0.1) is 23.7 Å². The summed E-state index contributed by atoms with van der Waals surface area (Å²) in [5.74, 6) is 0.609. The van der Waals surface area contributed by atoms with E-state index in [9.17, 15) is 5.26 Å². The number of aromatic nitrogens is 2. The van der Waals surface area contributed by atoms with Crippen LogP contribution in [0.1, 0.15) is 37.6 Å². The van der Waals surface area contributed by atoms with Crippen molar-refractivity contribution in [2.45, 2.75) is 39.2 Å². The van der Waals surface area contributed by atoms with Crippen molar-refractivity contribution in [1.82, 2.24) is 9.97 Å². The van der Waals surface area contributed by atoms with Crippen molar-refractivity contribution >= 4 is 29.2 Å². The predicted molar refractivity (Wildman–Crippen MR) is 111 cm³/mol. The van der Waals surface area contributed by atoms with Gasteiger partial charge < -0.3 is 9.64 Å². The van der Waals surface area contributed by atoms with Gasteiger partial charge in [-0.1, -0.05) is 35.3 Å². The molecule has 0 aliphatic carbocycles. The lowest BCUT2D eigenvalue weighted by molar-refractivity contribution is 0.0975. The smallest absolute Gasteiger partial charge is 0.226 e. The van der Waals surface area contributed by atoms with Crippen LogP contribution in [0.2, 0.25) is 10.0 Å². The third-order valence-electron chi connectivity index (χ3n) is 5.91. The molecule has 5 nitrogen and oxygen atoms in total. The maximum atomic E-state index is 9.73. The number of rotatable bonds is 2. The number of halogens is 2. The fourth-order valence-electron chi connectivity index (χ4n) is 4.38. The van der Waals surface area contributed by atoms with Crippen LogP contribution in [-0.4, -0.2) is 35.8 Å². The summed E-state index contributed by atoms with van der Waals surface area (Å²) in [5, 5.41) is 10.6. The second kappa shape index (κ2) is 7.51. The summed E-state index contributed by atoms with van der Waals surface area (Å²) < 4.78 is 5.81. The van der Waals surface area contributed by atoms with E-state index in [0.717, 1.165) is 44.7 Å². The highest BCUT2D eigenvalue weighted by Crippen LogP contribution is 2.42. The first kappa shape index (κ1) is 19.4. The minimum atomic E-state index is 0.289. The summed E-state index contributed by atoms with van der Waals surface area (Å²) in [6.45, 7) is 6.62. The highest BCUT2D eigenvalue weighted by Gasteiger charge is 2.41. The van der Waals surface area contributed by atoms with Crippen molar-refractivity contribution in [3.05, 3.63) is 39.6 Å². The molecule has 0 bridgehead atoms. The minimum Gasteiger partial charge on any atom is -0.378 e. The van der Waals surface area contributed by atoms with Crippen molar-refractivity contribution in [1.29, 1.82) is 5.26 Å². The number of nitriles is 1. The molecule has 0 unspecified atom stereocenters. The molecule has 3 heterocycles. The highest BCUT2D eigenvalue weighted by atomic mass is 35.5. The second-order valence-corrected chi connectivity index (χ2v) is 8.64. The first-order valence-corrected chi connectivity index (χ1v) is 10.3. The van der Waals surface area contributed by atoms with Crippen LogP contribution in [0.4, 0.5) is 5.95 Å². The molecule has 2 saturated heterocycles. The van der Waals surface area contributed by atoms with Gasteiger partial charge in [-0.15, -0.1) is 0 Å². The number of nitrogens with zero attached hydrogens (tertiary/aromatic N) is 4. The molecule has 2 aromatic rings. The van der Waals surface area contributed by atoms with Crippen LogP contribution in [0.3, 0.4) is 0 Å². The Labute approximate surface area is 175 Å². The van der Waals surface area contributed by atoms with Gasteiger partial charge in [0.1, 0.15) is 6.07 Å². The number of piperidine rings is 1. The summed E-state index contributed by atoms with van der Waals surface area (Å²) in [5.41, 5.74) is 2.67. The van der Waals surface area contributed by atoms with Crippen molar-refractivity contribution in [3.63, 3.8) is 0 Å². The van der Waals surface area contributed by atoms with E-state index in [-0.39, 0.29) is 5.41 Å². The van der Waals surface area contributed by atoms with Gasteiger partial charge >= 0.3 is 0 Å². The number of ether oxygens (including phenoxy) is 1. The third kappa shape index (κ3) is 3.45. The zero-order valence-electron chi connectivity index (χ0n) is 16.0. The van der Waals surface area contributed by atoms with Gasteiger partial charge in [0.05, 0.1) is 28.5 Å². The fraction of sp³-hybridized carbons (Fsp3) is 0.476. The van der Waals surface area contributed by atoms with E-state index < -0.39 is 0 Å². The van der Waals surface area contributed by atoms with Crippen LogP contribution in [-0.2, 0) is 4.74 Å². The molecule has 1 aromatic heterocycles. The van der Waals surface area contributed by atoms with E-state index in [1.54, 1.807) is 6.07 Å². The van der Waals surface area contributed by atoms with Gasteiger partial charge in [0, 0.05) is 24.2 Å². The van der Waals surface area contributed by atoms with Crippen molar-refractivity contribution in [3.8, 4) is 17.2 Å². The summed E-state index contributed by atoms with van der Waals surface area (Å²) >= 11 is 12.5. The van der Waals surface area contributed by atoms with Gasteiger partial charge in [-0.25, -0.2) is 9.97 Å². The Hall–Kier alpha value is -1.87. The molecule has 1 atom stereocenters. The minimum absolute atomic E-state index is 0.289. The topological polar surface area (TPSA) is 62.0 Å². The summed E-state index contributed by atoms with van der Waals surface area (Å²) in [6.07, 6.45) is 3.58. The fourth-order valence-corrected chi connectivity index (χ4v) is 4.77. The van der Waals surface area contributed by atoms with Crippen molar-refractivity contribution < 1.29 is 4.74 Å². The summed E-state index contributed by atoms with van der Waals surface area (Å²) in [7, 11) is 0. The molecule has 0 N–H and O–H groups in total. The predicted octanol–water partition coefficient (Wildman–Crippen LogP) is 5.03. The molecule has 0 saturated carbocycles. The van der Waals surface area contributed by atoms with Crippen molar-refractivity contribution in [2.24, 2.45) is 5.41 Å². The average Bonchev–Trinajstić information content (AvgIpc) is 3.04. The Morgan fingerprint density at radius 3 is 2.64 bits per heavy atom. The van der Waals surface area contributed by atoms with Crippen molar-refractivity contribution in [2.75, 3.05) is 24.6 Å². The number of hydrogen-bond acceptors (Lipinski definition) is 5. The van der Waals surface area contributed by atoms with Crippen LogP contribution in [0.15, 0.2) is 18.2 Å². The third-order valence-corrected chi connectivity index (χ3v) is 6.73. The molecule has 2 fully saturated rings. The summed E-state index contributed by atoms with van der Waals surface area (Å²) in [4.78, 5) is 11.5. The molecule has 2 aliphatic rings. The quantitative estimate of drug-likeness (QED) is 0.686. The van der Waals surface area contributed by atoms with Crippen LogP contribution >= 0.6 is 23.2 Å². The molecule has 1 aromatic carbocycles. The van der Waals surface area contributed by atoms with E-state index in [1.807, 2.05) is 19.1 Å². The number of anilines is 1. The standard InChI is InChI=1S/C21H22Cl2N4O/c1-13-10-21(12-28-13)6-8-27(9-7-21)20-25-14(2)18(17(11-24)26-20)15-4-3-5-16(22)19(15)23/h3-5,13H,6-10,12H2,1-2H3/t13-/m0/s1. The van der Waals surface area contributed by atoms with Gasteiger partial charge in [0.25, 0.3) is 0 Å². The SMILES string of the molecule is Cc1nc(N2CCC3(CC2)CO[C@@H](C)C3)nc(C#N)c1-c1cccc(Cl)c1Cl. The largest absolute Gasteiger partial charge is 0.378 e. The molecular weight excluding hydrogens is 395 g/mol. The van der Waals surface area contributed by atoms with E-state index in [1.165, 1.54) is 0 Å². The molecule has 0 amide bonds. The lowest BCUT2D eigenvalue weighted by Crippen LogP contribution is -2.41. The first-order chi connectivity index (χ1) is 13.4. The maximum Gasteiger partial charge on any atom is 0.226 e. The monoisotopic (exact) mass is 416 g/mol. The molecule has 146 valence electrons. The Kier molecular flexibility index (Phi) is 5.22. The summed E-state index contributed by atoms with van der Waals surface area (Å²) in [6, 6.07) is 7.59. The van der Waals surface area contributed by atoms with Gasteiger partial charge in [0.2, 0.25) is 5.95 Å². The first-order valence-electron chi connectivity index (χ1n) is 9.52. The van der Waals surface area contributed by atoms with E-state index in [0.29, 0.717) is 38.9 Å². The Morgan fingerprint density at radius 1 is 1.25 bits per heavy atom. The zero-order chi connectivity index (χ0) is 19.9. The number of hydrogen-bond donors (Lipinski definition) is 0. The van der Waals surface area contributed by atoms with Gasteiger partial charge in [0.15, 0.2) is 5.69 Å². The lowest BCUT2D eigenvalue weighted by Gasteiger charge is -2.38. The maximum absolute atomic E-state index is 9.73. The van der Waals surface area contributed by atoms with E-state index in [4.69, 9.17) is 32.9 Å². The molecule has 1 spiro atoms. The van der Waals surface area contributed by atoms with Gasteiger partial charge in [-0.05, 0) is 44.6 Å². The molecule has 2 aliphatic heterocycles. The van der Waals surface area contributed by atoms with Crippen LogP contribution < -0.4 is 4.90 Å². The molecule has 0 radical (unpaired) electrons. The van der Waals surface area contributed by atoms with Crippen LogP contribution in [0.25, 0.3) is 11.1 Å². The molecule has 4 rings (SSSR count). The number of benzene rings is 1. The molecule has 28 heavy (non-hydrogen) atoms. The Morgan fingerprint density at radius 2 is 2.00 bits per heavy atom. The second-order valence-electron chi connectivity index (χ2n) is 7.86. The molecule has 7 heteroatoms. The van der Waals surface area contributed by atoms with Crippen LogP contribution in [0.5, 0.6) is 0 Å². The van der Waals surface area contributed by atoms with Gasteiger partial charge in [-0.3, -0.25) is 0 Å².